The number of halogens is 5. The molecule has 5 rings (SSSR count). The topological polar surface area (TPSA) is 59.0 Å². The number of aryl methyl sites for hydroxylation is 1. The molecular weight excluding hydrogens is 509 g/mol. The van der Waals surface area contributed by atoms with Crippen molar-refractivity contribution >= 4 is 5.97 Å². The van der Waals surface area contributed by atoms with Crippen LogP contribution in [0.4, 0.5) is 22.0 Å². The fourth-order valence-electron chi connectivity index (χ4n) is 5.95. The maximum absolute atomic E-state index is 15.9. The number of fused-ring (bicyclic) bond motifs is 1. The molecular formula is C28H30F5NO4. The van der Waals surface area contributed by atoms with Gasteiger partial charge in [0.1, 0.15) is 17.2 Å². The number of hydrogen-bond acceptors (Lipinski definition) is 4. The molecule has 1 N–H and O–H groups in total. The van der Waals surface area contributed by atoms with Crippen molar-refractivity contribution in [3.05, 3.63) is 58.7 Å². The first-order valence-corrected chi connectivity index (χ1v) is 12.9. The summed E-state index contributed by atoms with van der Waals surface area (Å²) in [4.78, 5) is 13.6. The van der Waals surface area contributed by atoms with Gasteiger partial charge in [-0.2, -0.15) is 0 Å². The number of carboxylic acids is 1. The van der Waals surface area contributed by atoms with Gasteiger partial charge in [-0.1, -0.05) is 19.1 Å². The smallest absolute Gasteiger partial charge is 0.484 e. The van der Waals surface area contributed by atoms with Crippen LogP contribution < -0.4 is 9.47 Å². The fourth-order valence-corrected chi connectivity index (χ4v) is 5.95. The monoisotopic (exact) mass is 539 g/mol. The molecule has 1 saturated carbocycles. The summed E-state index contributed by atoms with van der Waals surface area (Å²) in [6, 6.07) is 6.50. The van der Waals surface area contributed by atoms with Gasteiger partial charge in [0.2, 0.25) is 0 Å². The number of aliphatic carboxylic acids is 1. The molecule has 1 aliphatic carbocycles. The first-order chi connectivity index (χ1) is 17.9. The first kappa shape index (κ1) is 26.7. The lowest BCUT2D eigenvalue weighted by molar-refractivity contribution is -0.275. The van der Waals surface area contributed by atoms with Crippen LogP contribution in [-0.2, 0) is 17.8 Å². The zero-order valence-electron chi connectivity index (χ0n) is 21.0. The second-order valence-corrected chi connectivity index (χ2v) is 10.8. The molecule has 0 amide bonds. The molecule has 0 bridgehead atoms. The third kappa shape index (κ3) is 5.60. The Morgan fingerprint density at radius 3 is 2.50 bits per heavy atom. The second-order valence-electron chi connectivity index (χ2n) is 10.8. The number of nitrogens with zero attached hydrogens (tertiary/aromatic N) is 1. The fraction of sp³-hybridized carbons (Fsp3) is 0.536. The first-order valence-electron chi connectivity index (χ1n) is 12.9. The number of carboxylic acid groups (broad SMARTS) is 1. The molecule has 0 radical (unpaired) electrons. The molecule has 2 heterocycles. The largest absolute Gasteiger partial charge is 0.573 e. The maximum Gasteiger partial charge on any atom is 0.573 e. The average molecular weight is 540 g/mol. The molecule has 2 fully saturated rings. The summed E-state index contributed by atoms with van der Waals surface area (Å²) in [6.45, 7) is 2.63. The number of alkyl halides is 3. The average Bonchev–Trinajstić information content (AvgIpc) is 3.69. The van der Waals surface area contributed by atoms with E-state index in [1.165, 1.54) is 0 Å². The van der Waals surface area contributed by atoms with Crippen molar-refractivity contribution in [1.29, 1.82) is 0 Å². The van der Waals surface area contributed by atoms with Crippen molar-refractivity contribution in [2.75, 3.05) is 13.1 Å². The van der Waals surface area contributed by atoms with E-state index in [1.807, 2.05) is 11.0 Å². The van der Waals surface area contributed by atoms with Gasteiger partial charge in [-0.05, 0) is 73.8 Å². The van der Waals surface area contributed by atoms with Crippen LogP contribution in [0.25, 0.3) is 0 Å². The molecule has 2 atom stereocenters. The molecule has 38 heavy (non-hydrogen) atoms. The van der Waals surface area contributed by atoms with E-state index >= 15 is 4.39 Å². The predicted molar refractivity (Wildman–Crippen MR) is 128 cm³/mol. The quantitative estimate of drug-likeness (QED) is 0.411. The van der Waals surface area contributed by atoms with Gasteiger partial charge in [0.15, 0.2) is 11.6 Å². The van der Waals surface area contributed by atoms with Crippen molar-refractivity contribution in [3.8, 4) is 11.5 Å². The van der Waals surface area contributed by atoms with E-state index in [9.17, 15) is 27.5 Å². The Morgan fingerprint density at radius 2 is 1.87 bits per heavy atom. The lowest BCUT2D eigenvalue weighted by Gasteiger charge is -2.45. The highest BCUT2D eigenvalue weighted by Crippen LogP contribution is 2.50. The van der Waals surface area contributed by atoms with Crippen molar-refractivity contribution in [2.45, 2.75) is 69.9 Å². The van der Waals surface area contributed by atoms with Crippen molar-refractivity contribution < 1.29 is 41.3 Å². The van der Waals surface area contributed by atoms with Crippen LogP contribution in [0.1, 0.15) is 61.6 Å². The Kier molecular flexibility index (Phi) is 7.04. The summed E-state index contributed by atoms with van der Waals surface area (Å²) in [6.07, 6.45) is -0.793. The number of rotatable bonds is 7. The minimum Gasteiger partial charge on any atom is -0.484 e. The molecule has 3 aliphatic rings. The van der Waals surface area contributed by atoms with Gasteiger partial charge in [0.05, 0.1) is 5.92 Å². The Bertz CT molecular complexity index is 1200. The van der Waals surface area contributed by atoms with Crippen LogP contribution >= 0.6 is 0 Å². The molecule has 2 aromatic carbocycles. The van der Waals surface area contributed by atoms with Crippen molar-refractivity contribution in [3.63, 3.8) is 0 Å². The Morgan fingerprint density at radius 1 is 1.16 bits per heavy atom. The van der Waals surface area contributed by atoms with Crippen LogP contribution in [0.3, 0.4) is 0 Å². The summed E-state index contributed by atoms with van der Waals surface area (Å²) in [5.41, 5.74) is 0.621. The molecule has 10 heteroatoms. The molecule has 2 aromatic rings. The molecule has 0 aromatic heterocycles. The summed E-state index contributed by atoms with van der Waals surface area (Å²) >= 11 is 0. The summed E-state index contributed by atoms with van der Waals surface area (Å²) in [5, 5.41) is 9.59. The SMILES string of the molecule is C[C@H](C(=O)O)C(c1ccc2c(c1F)OC1(CC2)CCN(Cc2cc(F)ccc2OC(F)(F)F)CC1)C1CC1. The number of carbonyl (C=O) groups is 1. The van der Waals surface area contributed by atoms with Crippen LogP contribution in [0.5, 0.6) is 11.5 Å². The highest BCUT2D eigenvalue weighted by Gasteiger charge is 2.44. The summed E-state index contributed by atoms with van der Waals surface area (Å²) < 4.78 is 78.5. The maximum atomic E-state index is 15.9. The Balaban J connectivity index is 1.30. The second kappa shape index (κ2) is 10.0. The van der Waals surface area contributed by atoms with Gasteiger partial charge in [0, 0.05) is 31.1 Å². The van der Waals surface area contributed by atoms with Gasteiger partial charge >= 0.3 is 12.3 Å². The summed E-state index contributed by atoms with van der Waals surface area (Å²) in [7, 11) is 0. The van der Waals surface area contributed by atoms with Crippen LogP contribution in [0, 0.1) is 23.5 Å². The molecule has 5 nitrogen and oxygen atoms in total. The lowest BCUT2D eigenvalue weighted by Crippen LogP contribution is -2.49. The molecule has 206 valence electrons. The zero-order chi connectivity index (χ0) is 27.2. The number of benzene rings is 2. The van der Waals surface area contributed by atoms with E-state index in [-0.39, 0.29) is 23.8 Å². The molecule has 1 unspecified atom stereocenters. The zero-order valence-corrected chi connectivity index (χ0v) is 21.0. The lowest BCUT2D eigenvalue weighted by atomic mass is 9.80. The van der Waals surface area contributed by atoms with E-state index in [4.69, 9.17) is 4.74 Å². The van der Waals surface area contributed by atoms with E-state index in [0.29, 0.717) is 44.3 Å². The van der Waals surface area contributed by atoms with Gasteiger partial charge in [-0.25, -0.2) is 8.78 Å². The van der Waals surface area contributed by atoms with E-state index in [0.717, 1.165) is 36.6 Å². The van der Waals surface area contributed by atoms with Gasteiger partial charge in [-0.15, -0.1) is 13.2 Å². The van der Waals surface area contributed by atoms with E-state index in [2.05, 4.69) is 4.74 Å². The van der Waals surface area contributed by atoms with E-state index in [1.54, 1.807) is 13.0 Å². The number of hydrogen-bond donors (Lipinski definition) is 1. The Labute approximate surface area is 217 Å². The van der Waals surface area contributed by atoms with Crippen molar-refractivity contribution in [2.24, 2.45) is 11.8 Å². The minimum atomic E-state index is -4.88. The third-order valence-electron chi connectivity index (χ3n) is 8.20. The normalized spacial score (nSPS) is 20.9. The predicted octanol–water partition coefficient (Wildman–Crippen LogP) is 6.44. The van der Waals surface area contributed by atoms with Crippen LogP contribution in [0.2, 0.25) is 0 Å². The highest BCUT2D eigenvalue weighted by atomic mass is 19.4. The van der Waals surface area contributed by atoms with E-state index < -0.39 is 47.2 Å². The number of piperidine rings is 1. The van der Waals surface area contributed by atoms with Gasteiger partial charge in [-0.3, -0.25) is 9.69 Å². The molecule has 2 aliphatic heterocycles. The van der Waals surface area contributed by atoms with Gasteiger partial charge < -0.3 is 14.6 Å². The minimum absolute atomic E-state index is 0.0739. The van der Waals surface area contributed by atoms with Crippen LogP contribution in [0.15, 0.2) is 30.3 Å². The molecule has 1 spiro atoms. The molecule has 1 saturated heterocycles. The standard InChI is InChI=1S/C28H30F5NO4/c1-16(26(35)36)23(17-2-3-17)21-6-4-18-8-9-27(38-25(18)24(21)30)10-12-34(13-11-27)15-19-14-20(29)5-7-22(19)37-28(31,32)33/h4-7,14,16-17,23H,2-3,8-13,15H2,1H3,(H,35,36)/t16-,23?/m0/s1. The van der Waals surface area contributed by atoms with Crippen LogP contribution in [-0.4, -0.2) is 41.0 Å². The van der Waals surface area contributed by atoms with Crippen molar-refractivity contribution in [1.82, 2.24) is 4.90 Å². The van der Waals surface area contributed by atoms with Gasteiger partial charge in [0.25, 0.3) is 0 Å². The highest BCUT2D eigenvalue weighted by molar-refractivity contribution is 5.71. The number of ether oxygens (including phenoxy) is 2. The number of likely N-dealkylation sites (tertiary alicyclic amines) is 1. The third-order valence-corrected chi connectivity index (χ3v) is 8.20. The Hall–Kier alpha value is -2.88. The summed E-state index contributed by atoms with van der Waals surface area (Å²) in [5.74, 6) is -3.32.